The summed E-state index contributed by atoms with van der Waals surface area (Å²) in [6, 6.07) is 18.3. The molecule has 212 valence electrons. The molecule has 5 rings (SSSR count). The van der Waals surface area contributed by atoms with E-state index < -0.39 is 16.9 Å². The van der Waals surface area contributed by atoms with Gasteiger partial charge in [0.05, 0.1) is 35.5 Å². The number of benzene rings is 2. The average Bonchev–Trinajstić information content (AvgIpc) is 3.34. The number of anilines is 1. The molecule has 0 radical (unpaired) electrons. The minimum absolute atomic E-state index is 0.189. The number of carbonyl (C=O) groups excluding carboxylic acids is 1. The topological polar surface area (TPSA) is 118 Å². The Morgan fingerprint density at radius 1 is 1.12 bits per heavy atom. The summed E-state index contributed by atoms with van der Waals surface area (Å²) >= 11 is 0. The number of fused-ring (bicyclic) bond motifs is 1. The minimum atomic E-state index is -0.560. The van der Waals surface area contributed by atoms with E-state index in [0.29, 0.717) is 42.3 Å². The highest BCUT2D eigenvalue weighted by Gasteiger charge is 2.32. The molecule has 2 aromatic carbocycles. The summed E-state index contributed by atoms with van der Waals surface area (Å²) in [4.78, 5) is 52.0. The van der Waals surface area contributed by atoms with Gasteiger partial charge in [0.25, 0.3) is 5.56 Å². The molecule has 3 heterocycles. The lowest BCUT2D eigenvalue weighted by Gasteiger charge is -2.39. The van der Waals surface area contributed by atoms with Crippen molar-refractivity contribution in [3.8, 4) is 11.8 Å². The molecule has 11 nitrogen and oxygen atoms in total. The number of imidazole rings is 1. The highest BCUT2D eigenvalue weighted by Crippen LogP contribution is 2.28. The lowest BCUT2D eigenvalue weighted by Crippen LogP contribution is -2.50. The van der Waals surface area contributed by atoms with Gasteiger partial charge in [-0.25, -0.2) is 14.4 Å². The van der Waals surface area contributed by atoms with Crippen LogP contribution in [-0.4, -0.2) is 54.9 Å². The van der Waals surface area contributed by atoms with Gasteiger partial charge in [-0.05, 0) is 57.4 Å². The Kier molecular flexibility index (Phi) is 7.51. The molecule has 1 aliphatic heterocycles. The Morgan fingerprint density at radius 2 is 1.83 bits per heavy atom. The Morgan fingerprint density at radius 3 is 2.51 bits per heavy atom. The van der Waals surface area contributed by atoms with Gasteiger partial charge in [0.15, 0.2) is 11.2 Å². The lowest BCUT2D eigenvalue weighted by molar-refractivity contribution is -0.232. The van der Waals surface area contributed by atoms with E-state index in [9.17, 15) is 19.6 Å². The number of nitrogens with zero attached hydrogens (tertiary/aromatic N) is 7. The Hall–Kier alpha value is -4.69. The van der Waals surface area contributed by atoms with Gasteiger partial charge in [-0.1, -0.05) is 36.4 Å². The van der Waals surface area contributed by atoms with Gasteiger partial charge in [-0.3, -0.25) is 23.6 Å². The fourth-order valence-corrected chi connectivity index (χ4v) is 5.26. The third-order valence-corrected chi connectivity index (χ3v) is 7.13. The number of carbonyl (C=O) groups is 1. The minimum Gasteiger partial charge on any atom is -0.340 e. The van der Waals surface area contributed by atoms with Crippen LogP contribution in [0.3, 0.4) is 0 Å². The number of para-hydroxylation sites is 1. The van der Waals surface area contributed by atoms with E-state index in [1.807, 2.05) is 56.0 Å². The zero-order valence-electron chi connectivity index (χ0n) is 23.6. The van der Waals surface area contributed by atoms with Crippen LogP contribution in [0.15, 0.2) is 64.2 Å². The fourth-order valence-electron chi connectivity index (χ4n) is 5.26. The summed E-state index contributed by atoms with van der Waals surface area (Å²) in [6.45, 7) is 6.87. The third-order valence-electron chi connectivity index (χ3n) is 7.13. The molecule has 2 aromatic heterocycles. The van der Waals surface area contributed by atoms with Crippen molar-refractivity contribution in [1.82, 2.24) is 23.7 Å². The van der Waals surface area contributed by atoms with Crippen molar-refractivity contribution in [2.45, 2.75) is 51.8 Å². The van der Waals surface area contributed by atoms with E-state index in [-0.39, 0.29) is 23.8 Å². The summed E-state index contributed by atoms with van der Waals surface area (Å²) in [5.74, 6) is 0.478. The first-order valence-electron chi connectivity index (χ1n) is 13.6. The third kappa shape index (κ3) is 5.38. The summed E-state index contributed by atoms with van der Waals surface area (Å²) in [5.41, 5.74) is 0.705. The molecule has 1 amide bonds. The van der Waals surface area contributed by atoms with E-state index in [1.165, 1.54) is 16.7 Å². The molecule has 0 N–H and O–H groups in total. The van der Waals surface area contributed by atoms with E-state index >= 15 is 0 Å². The molecule has 1 atom stereocenters. The molecule has 1 aliphatic rings. The van der Waals surface area contributed by atoms with Gasteiger partial charge in [0.2, 0.25) is 12.4 Å². The fraction of sp³-hybridized carbons (Fsp3) is 0.367. The maximum atomic E-state index is 13.7. The van der Waals surface area contributed by atoms with Crippen molar-refractivity contribution in [2.75, 3.05) is 18.0 Å². The lowest BCUT2D eigenvalue weighted by atomic mass is 10.1. The van der Waals surface area contributed by atoms with Crippen LogP contribution in [0, 0.1) is 11.3 Å². The van der Waals surface area contributed by atoms with Gasteiger partial charge in [0.1, 0.15) is 0 Å². The molecule has 0 spiro atoms. The van der Waals surface area contributed by atoms with Crippen molar-refractivity contribution < 1.29 is 9.63 Å². The molecule has 1 saturated heterocycles. The molecule has 11 heteroatoms. The number of rotatable bonds is 7. The quantitative estimate of drug-likeness (QED) is 0.254. The number of piperidine rings is 1. The summed E-state index contributed by atoms with van der Waals surface area (Å²) < 4.78 is 4.30. The Bertz CT molecular complexity index is 1740. The smallest absolute Gasteiger partial charge is 0.337 e. The van der Waals surface area contributed by atoms with Crippen molar-refractivity contribution in [3.63, 3.8) is 0 Å². The molecule has 0 saturated carbocycles. The zero-order valence-corrected chi connectivity index (χ0v) is 23.6. The van der Waals surface area contributed by atoms with Crippen molar-refractivity contribution >= 4 is 23.5 Å². The molecule has 4 aromatic rings. The first-order valence-corrected chi connectivity index (χ1v) is 13.6. The Balaban J connectivity index is 1.72. The van der Waals surface area contributed by atoms with E-state index in [2.05, 4.69) is 6.07 Å². The van der Waals surface area contributed by atoms with Gasteiger partial charge in [0, 0.05) is 20.1 Å². The SMILES string of the molecule is Cn1c(=O)c2c(nc(N3CCCC(N(C=O)OC(C)(C)C)C3)n2Cc2ccccc2C#N)n(-c2ccccc2)c1=O. The predicted molar refractivity (Wildman–Crippen MR) is 155 cm³/mol. The molecule has 1 fully saturated rings. The van der Waals surface area contributed by atoms with Gasteiger partial charge in [-0.2, -0.15) is 10.2 Å². The monoisotopic (exact) mass is 555 g/mol. The van der Waals surface area contributed by atoms with E-state index in [0.717, 1.165) is 17.4 Å². The highest BCUT2D eigenvalue weighted by molar-refractivity contribution is 5.77. The molecule has 41 heavy (non-hydrogen) atoms. The summed E-state index contributed by atoms with van der Waals surface area (Å²) in [5, 5.41) is 11.1. The summed E-state index contributed by atoms with van der Waals surface area (Å²) in [6.07, 6.45) is 2.19. The van der Waals surface area contributed by atoms with Gasteiger partial charge < -0.3 is 4.90 Å². The zero-order chi connectivity index (χ0) is 29.3. The second kappa shape index (κ2) is 11.1. The molecular formula is C30H33N7O4. The molecule has 0 aliphatic carbocycles. The Labute approximate surface area is 237 Å². The van der Waals surface area contributed by atoms with Crippen LogP contribution in [0.5, 0.6) is 0 Å². The van der Waals surface area contributed by atoms with Crippen LogP contribution < -0.4 is 16.1 Å². The van der Waals surface area contributed by atoms with Crippen LogP contribution in [0.2, 0.25) is 0 Å². The maximum absolute atomic E-state index is 13.7. The molecule has 1 unspecified atom stereocenters. The number of hydrogen-bond acceptors (Lipinski definition) is 7. The number of amides is 1. The number of hydroxylamine groups is 2. The van der Waals surface area contributed by atoms with Gasteiger partial charge >= 0.3 is 5.69 Å². The number of nitriles is 1. The summed E-state index contributed by atoms with van der Waals surface area (Å²) in [7, 11) is 1.45. The van der Waals surface area contributed by atoms with Crippen LogP contribution >= 0.6 is 0 Å². The second-order valence-electron chi connectivity index (χ2n) is 11.2. The standard InChI is InChI=1S/C30H33N7O4/c1-30(2,3)41-36(20-38)24-15-10-16-34(19-24)28-32-26-25(35(28)18-22-12-9-8-11-21(22)17-31)27(39)33(4)29(40)37(26)23-13-6-5-7-14-23/h5-9,11-14,20,24H,10,15-16,18-19H2,1-4H3. The van der Waals surface area contributed by atoms with Crippen molar-refractivity contribution in [3.05, 3.63) is 86.6 Å². The average molecular weight is 556 g/mol. The van der Waals surface area contributed by atoms with Crippen molar-refractivity contribution in [1.29, 1.82) is 5.26 Å². The predicted octanol–water partition coefficient (Wildman–Crippen LogP) is 2.96. The van der Waals surface area contributed by atoms with Gasteiger partial charge in [-0.15, -0.1) is 0 Å². The highest BCUT2D eigenvalue weighted by atomic mass is 16.7. The molecule has 0 bridgehead atoms. The maximum Gasteiger partial charge on any atom is 0.337 e. The first kappa shape index (κ1) is 27.9. The van der Waals surface area contributed by atoms with E-state index in [4.69, 9.17) is 9.82 Å². The molecular weight excluding hydrogens is 522 g/mol. The van der Waals surface area contributed by atoms with Crippen molar-refractivity contribution in [2.24, 2.45) is 7.05 Å². The van der Waals surface area contributed by atoms with Crippen LogP contribution in [0.25, 0.3) is 16.9 Å². The number of hydrogen-bond donors (Lipinski definition) is 0. The first-order chi connectivity index (χ1) is 19.6. The van der Waals surface area contributed by atoms with Crippen LogP contribution in [0.4, 0.5) is 5.95 Å². The second-order valence-corrected chi connectivity index (χ2v) is 11.2. The van der Waals surface area contributed by atoms with E-state index in [1.54, 1.807) is 28.8 Å². The van der Waals surface area contributed by atoms with Crippen LogP contribution in [-0.2, 0) is 23.2 Å². The van der Waals surface area contributed by atoms with Crippen LogP contribution in [0.1, 0.15) is 44.7 Å². The number of aromatic nitrogens is 4. The normalized spacial score (nSPS) is 15.6. The largest absolute Gasteiger partial charge is 0.340 e.